The van der Waals surface area contributed by atoms with E-state index in [1.165, 1.54) is 0 Å². The molecule has 2 heterocycles. The number of carbonyl (C=O) groups is 1. The van der Waals surface area contributed by atoms with Gasteiger partial charge in [0, 0.05) is 30.7 Å². The van der Waals surface area contributed by atoms with Crippen LogP contribution in [-0.2, 0) is 4.74 Å². The van der Waals surface area contributed by atoms with Crippen LogP contribution < -0.4 is 5.32 Å². The van der Waals surface area contributed by atoms with Crippen molar-refractivity contribution in [2.75, 3.05) is 13.1 Å². The topological polar surface area (TPSA) is 54.5 Å². The molecule has 0 aromatic carbocycles. The first kappa shape index (κ1) is 16.2. The van der Waals surface area contributed by atoms with Crippen LogP contribution in [0.25, 0.3) is 0 Å². The van der Waals surface area contributed by atoms with Crippen molar-refractivity contribution < 1.29 is 9.53 Å². The van der Waals surface area contributed by atoms with Crippen molar-refractivity contribution in [1.29, 1.82) is 0 Å². The molecule has 0 spiro atoms. The molecule has 1 aliphatic rings. The first-order valence-electron chi connectivity index (χ1n) is 7.48. The van der Waals surface area contributed by atoms with E-state index < -0.39 is 5.60 Å². The van der Waals surface area contributed by atoms with Gasteiger partial charge in [0.15, 0.2) is 0 Å². The zero-order chi connectivity index (χ0) is 15.5. The molecule has 1 aliphatic heterocycles. The summed E-state index contributed by atoms with van der Waals surface area (Å²) in [6.45, 7) is 9.29. The normalized spacial score (nSPS) is 21.1. The molecule has 118 valence electrons. The van der Waals surface area contributed by atoms with Crippen LogP contribution in [0.4, 0.5) is 4.79 Å². The van der Waals surface area contributed by atoms with Crippen molar-refractivity contribution in [2.45, 2.75) is 58.2 Å². The minimum absolute atomic E-state index is 0.212. The van der Waals surface area contributed by atoms with Crippen LogP contribution in [0.2, 0.25) is 0 Å². The predicted octanol–water partition coefficient (Wildman–Crippen LogP) is 3.19. The second-order valence-corrected chi connectivity index (χ2v) is 7.45. The van der Waals surface area contributed by atoms with Crippen molar-refractivity contribution in [3.05, 3.63) is 16.6 Å². The summed E-state index contributed by atoms with van der Waals surface area (Å²) in [5.41, 5.74) is -0.439. The highest BCUT2D eigenvalue weighted by molar-refractivity contribution is 7.09. The maximum atomic E-state index is 12.1. The fraction of sp³-hybridized carbons (Fsp3) is 0.733. The monoisotopic (exact) mass is 311 g/mol. The van der Waals surface area contributed by atoms with Crippen molar-refractivity contribution in [2.24, 2.45) is 0 Å². The van der Waals surface area contributed by atoms with Gasteiger partial charge in [-0.2, -0.15) is 0 Å². The van der Waals surface area contributed by atoms with Crippen LogP contribution in [0, 0.1) is 0 Å². The Labute approximate surface area is 130 Å². The van der Waals surface area contributed by atoms with Gasteiger partial charge in [-0.15, -0.1) is 11.3 Å². The van der Waals surface area contributed by atoms with Crippen molar-refractivity contribution >= 4 is 17.4 Å². The molecule has 1 saturated heterocycles. The van der Waals surface area contributed by atoms with E-state index in [2.05, 4.69) is 17.2 Å². The average molecular weight is 311 g/mol. The first-order valence-corrected chi connectivity index (χ1v) is 8.36. The molecule has 1 fully saturated rings. The minimum Gasteiger partial charge on any atom is -0.444 e. The number of hydrogen-bond acceptors (Lipinski definition) is 5. The van der Waals surface area contributed by atoms with Gasteiger partial charge >= 0.3 is 6.09 Å². The summed E-state index contributed by atoms with van der Waals surface area (Å²) in [6.07, 6.45) is 3.69. The molecule has 0 radical (unpaired) electrons. The molecular formula is C15H25N3O2S. The smallest absolute Gasteiger partial charge is 0.410 e. The zero-order valence-electron chi connectivity index (χ0n) is 13.3. The van der Waals surface area contributed by atoms with Crippen LogP contribution in [-0.4, -0.2) is 40.7 Å². The summed E-state index contributed by atoms with van der Waals surface area (Å²) in [5.74, 6) is 0. The van der Waals surface area contributed by atoms with Gasteiger partial charge in [-0.05, 0) is 40.5 Å². The van der Waals surface area contributed by atoms with Crippen LogP contribution in [0.1, 0.15) is 51.6 Å². The van der Waals surface area contributed by atoms with E-state index in [4.69, 9.17) is 4.74 Å². The van der Waals surface area contributed by atoms with E-state index in [0.29, 0.717) is 12.6 Å². The molecule has 1 amide bonds. The molecule has 0 aliphatic carbocycles. The van der Waals surface area contributed by atoms with Crippen molar-refractivity contribution in [3.63, 3.8) is 0 Å². The van der Waals surface area contributed by atoms with Crippen LogP contribution >= 0.6 is 11.3 Å². The van der Waals surface area contributed by atoms with E-state index in [-0.39, 0.29) is 12.1 Å². The van der Waals surface area contributed by atoms with E-state index in [1.807, 2.05) is 32.3 Å². The number of likely N-dealkylation sites (tertiary alicyclic amines) is 1. The molecule has 0 unspecified atom stereocenters. The Morgan fingerprint density at radius 2 is 2.33 bits per heavy atom. The third-order valence-electron chi connectivity index (χ3n) is 3.38. The second-order valence-electron chi connectivity index (χ2n) is 6.52. The minimum atomic E-state index is -0.439. The Hall–Kier alpha value is -1.14. The maximum absolute atomic E-state index is 12.1. The number of hydrogen-bond donors (Lipinski definition) is 1. The molecule has 21 heavy (non-hydrogen) atoms. The quantitative estimate of drug-likeness (QED) is 0.931. The molecule has 1 N–H and O–H groups in total. The van der Waals surface area contributed by atoms with Gasteiger partial charge in [-0.3, -0.25) is 0 Å². The summed E-state index contributed by atoms with van der Waals surface area (Å²) in [4.78, 5) is 18.3. The van der Waals surface area contributed by atoms with E-state index in [9.17, 15) is 4.79 Å². The number of aromatic nitrogens is 1. The van der Waals surface area contributed by atoms with Crippen molar-refractivity contribution in [1.82, 2.24) is 15.2 Å². The van der Waals surface area contributed by atoms with Gasteiger partial charge in [0.2, 0.25) is 0 Å². The van der Waals surface area contributed by atoms with E-state index >= 15 is 0 Å². The zero-order valence-corrected chi connectivity index (χ0v) is 14.1. The second kappa shape index (κ2) is 6.75. The standard InChI is InChI=1S/C15H25N3O2S/c1-11(13-16-7-9-21-13)17-12-6-5-8-18(10-12)14(19)20-15(2,3)4/h7,9,11-12,17H,5-6,8,10H2,1-4H3/t11-,12-/m0/s1. The Bertz CT molecular complexity index is 456. The lowest BCUT2D eigenvalue weighted by Gasteiger charge is -2.35. The third kappa shape index (κ3) is 4.97. The summed E-state index contributed by atoms with van der Waals surface area (Å²) in [5, 5.41) is 6.64. The summed E-state index contributed by atoms with van der Waals surface area (Å²) < 4.78 is 5.45. The number of nitrogens with zero attached hydrogens (tertiary/aromatic N) is 2. The number of piperidine rings is 1. The molecular weight excluding hydrogens is 286 g/mol. The average Bonchev–Trinajstić information content (AvgIpc) is 2.91. The molecule has 2 atom stereocenters. The Morgan fingerprint density at radius 1 is 1.57 bits per heavy atom. The van der Waals surface area contributed by atoms with Crippen LogP contribution in [0.15, 0.2) is 11.6 Å². The first-order chi connectivity index (χ1) is 9.85. The molecule has 0 bridgehead atoms. The highest BCUT2D eigenvalue weighted by atomic mass is 32.1. The van der Waals surface area contributed by atoms with Gasteiger partial charge in [0.1, 0.15) is 10.6 Å². The van der Waals surface area contributed by atoms with Gasteiger partial charge in [0.25, 0.3) is 0 Å². The van der Waals surface area contributed by atoms with Gasteiger partial charge in [0.05, 0.1) is 6.04 Å². The Morgan fingerprint density at radius 3 is 2.95 bits per heavy atom. The van der Waals surface area contributed by atoms with Gasteiger partial charge in [-0.1, -0.05) is 0 Å². The number of thiazole rings is 1. The van der Waals surface area contributed by atoms with Crippen molar-refractivity contribution in [3.8, 4) is 0 Å². The Balaban J connectivity index is 1.87. The van der Waals surface area contributed by atoms with E-state index in [0.717, 1.165) is 24.4 Å². The van der Waals surface area contributed by atoms with Crippen LogP contribution in [0.3, 0.4) is 0 Å². The summed E-state index contributed by atoms with van der Waals surface area (Å²) in [6, 6.07) is 0.513. The molecule has 1 aromatic rings. The number of amides is 1. The molecule has 1 aromatic heterocycles. The third-order valence-corrected chi connectivity index (χ3v) is 4.34. The number of carbonyl (C=O) groups excluding carboxylic acids is 1. The van der Waals surface area contributed by atoms with E-state index in [1.54, 1.807) is 16.2 Å². The number of nitrogens with one attached hydrogen (secondary N) is 1. The lowest BCUT2D eigenvalue weighted by Crippen LogP contribution is -2.49. The molecule has 5 nitrogen and oxygen atoms in total. The fourth-order valence-corrected chi connectivity index (χ4v) is 3.13. The lowest BCUT2D eigenvalue weighted by molar-refractivity contribution is 0.0184. The summed E-state index contributed by atoms with van der Waals surface area (Å²) >= 11 is 1.66. The Kier molecular flexibility index (Phi) is 5.22. The predicted molar refractivity (Wildman–Crippen MR) is 84.5 cm³/mol. The number of rotatable bonds is 3. The highest BCUT2D eigenvalue weighted by Gasteiger charge is 2.28. The number of ether oxygens (including phenoxy) is 1. The molecule has 0 saturated carbocycles. The fourth-order valence-electron chi connectivity index (χ4n) is 2.48. The molecule has 2 rings (SSSR count). The molecule has 6 heteroatoms. The lowest BCUT2D eigenvalue weighted by atomic mass is 10.1. The summed E-state index contributed by atoms with van der Waals surface area (Å²) in [7, 11) is 0. The largest absolute Gasteiger partial charge is 0.444 e. The van der Waals surface area contributed by atoms with Crippen LogP contribution in [0.5, 0.6) is 0 Å². The van der Waals surface area contributed by atoms with Gasteiger partial charge in [-0.25, -0.2) is 9.78 Å². The highest BCUT2D eigenvalue weighted by Crippen LogP contribution is 2.20. The van der Waals surface area contributed by atoms with Gasteiger partial charge < -0.3 is 15.0 Å². The maximum Gasteiger partial charge on any atom is 0.410 e. The SMILES string of the molecule is C[C@H](N[C@H]1CCCN(C(=O)OC(C)(C)C)C1)c1nccs1.